The van der Waals surface area contributed by atoms with Crippen LogP contribution in [0.1, 0.15) is 55.5 Å². The molecule has 2 aliphatic rings. The van der Waals surface area contributed by atoms with E-state index in [9.17, 15) is 5.26 Å². The second-order valence-corrected chi connectivity index (χ2v) is 17.9. The SMILES string of the molecule is [C-]#[N+]c1ccc(-c2cc3c(c4ccccc24)-c2cc4c(cc2C3(C)C)c2cc3c(cc2n4-c2ccccc2)-c2c(cc(-c4ccc(C#N)cc4)c4ccccc24)C3(C)C)cc1. The fourth-order valence-corrected chi connectivity index (χ4v) is 10.9. The standard InChI is InChI=1S/C58H39N3/c1-57(2)49-29-45-46-30-50-48(56-42-18-12-10-16-40(42)44(28-52(56)58(50,3)4)36-23-25-37(60-5)26-24-36)32-54(46)61(38-13-7-6-8-14-38)53(45)31-47(49)55-41-17-11-9-15-39(41)43(27-51(55)57)35-21-19-34(33-59)20-22-35/h6-32H,1-4H3. The molecule has 2 aliphatic carbocycles. The topological polar surface area (TPSA) is 33.1 Å². The van der Waals surface area contributed by atoms with Gasteiger partial charge in [0.05, 0.1) is 29.2 Å². The zero-order valence-corrected chi connectivity index (χ0v) is 34.4. The lowest BCUT2D eigenvalue weighted by atomic mass is 9.79. The van der Waals surface area contributed by atoms with Crippen molar-refractivity contribution in [2.24, 2.45) is 0 Å². The normalized spacial score (nSPS) is 14.1. The highest BCUT2D eigenvalue weighted by Crippen LogP contribution is 2.57. The molecular weight excluding hydrogens is 739 g/mol. The van der Waals surface area contributed by atoms with Crippen molar-refractivity contribution in [1.82, 2.24) is 4.57 Å². The van der Waals surface area contributed by atoms with E-state index < -0.39 is 0 Å². The predicted molar refractivity (Wildman–Crippen MR) is 253 cm³/mol. The maximum absolute atomic E-state index is 9.54. The Hall–Kier alpha value is -7.72. The molecule has 0 bridgehead atoms. The summed E-state index contributed by atoms with van der Waals surface area (Å²) in [6, 6.07) is 61.6. The van der Waals surface area contributed by atoms with E-state index in [1.807, 2.05) is 24.3 Å². The Labute approximate surface area is 355 Å². The molecule has 0 unspecified atom stereocenters. The average Bonchev–Trinajstić information content (AvgIpc) is 3.82. The third-order valence-electron chi connectivity index (χ3n) is 14.0. The summed E-state index contributed by atoms with van der Waals surface area (Å²) in [6.45, 7) is 17.1. The Balaban J connectivity index is 1.14. The van der Waals surface area contributed by atoms with Crippen molar-refractivity contribution in [3.63, 3.8) is 0 Å². The van der Waals surface area contributed by atoms with E-state index in [4.69, 9.17) is 6.57 Å². The van der Waals surface area contributed by atoms with Crippen molar-refractivity contribution >= 4 is 49.0 Å². The summed E-state index contributed by atoms with van der Waals surface area (Å²) in [4.78, 5) is 3.66. The van der Waals surface area contributed by atoms with Gasteiger partial charge in [0.1, 0.15) is 0 Å². The van der Waals surface area contributed by atoms with Gasteiger partial charge in [0.15, 0.2) is 5.69 Å². The summed E-state index contributed by atoms with van der Waals surface area (Å²) in [6.07, 6.45) is 0. The molecular formula is C58H39N3. The fourth-order valence-electron chi connectivity index (χ4n) is 10.9. The molecule has 1 aromatic heterocycles. The largest absolute Gasteiger partial charge is 0.309 e. The monoisotopic (exact) mass is 777 g/mol. The van der Waals surface area contributed by atoms with Gasteiger partial charge < -0.3 is 4.57 Å². The lowest BCUT2D eigenvalue weighted by Crippen LogP contribution is -2.15. The predicted octanol–water partition coefficient (Wildman–Crippen LogP) is 15.5. The van der Waals surface area contributed by atoms with Crippen molar-refractivity contribution in [2.45, 2.75) is 38.5 Å². The number of benzene rings is 9. The Morgan fingerprint density at radius 2 is 0.902 bits per heavy atom. The summed E-state index contributed by atoms with van der Waals surface area (Å²) in [5.41, 5.74) is 19.5. The van der Waals surface area contributed by atoms with Crippen molar-refractivity contribution in [1.29, 1.82) is 5.26 Å². The van der Waals surface area contributed by atoms with Gasteiger partial charge in [-0.2, -0.15) is 5.26 Å². The molecule has 61 heavy (non-hydrogen) atoms. The molecule has 1 heterocycles. The summed E-state index contributed by atoms with van der Waals surface area (Å²) < 4.78 is 2.49. The number of para-hydroxylation sites is 1. The molecule has 12 rings (SSSR count). The van der Waals surface area contributed by atoms with Crippen LogP contribution in [0.15, 0.2) is 164 Å². The Kier molecular flexibility index (Phi) is 7.17. The molecule has 0 saturated heterocycles. The molecule has 0 atom stereocenters. The van der Waals surface area contributed by atoms with Gasteiger partial charge in [0, 0.05) is 27.3 Å². The first-order chi connectivity index (χ1) is 29.7. The second-order valence-electron chi connectivity index (χ2n) is 17.9. The zero-order chi connectivity index (χ0) is 41.4. The van der Waals surface area contributed by atoms with Crippen LogP contribution in [0.5, 0.6) is 0 Å². The van der Waals surface area contributed by atoms with E-state index in [1.165, 1.54) is 99.0 Å². The summed E-state index contributed by atoms with van der Waals surface area (Å²) >= 11 is 0. The Morgan fingerprint density at radius 1 is 0.459 bits per heavy atom. The minimum atomic E-state index is -0.264. The third kappa shape index (κ3) is 4.78. The van der Waals surface area contributed by atoms with E-state index in [2.05, 4.69) is 183 Å². The number of nitrogens with zero attached hydrogens (tertiary/aromatic N) is 3. The van der Waals surface area contributed by atoms with Crippen LogP contribution in [-0.4, -0.2) is 4.57 Å². The van der Waals surface area contributed by atoms with Crippen LogP contribution in [-0.2, 0) is 10.8 Å². The first-order valence-electron chi connectivity index (χ1n) is 21.0. The zero-order valence-electron chi connectivity index (χ0n) is 34.4. The first-order valence-corrected chi connectivity index (χ1v) is 21.0. The van der Waals surface area contributed by atoms with Gasteiger partial charge in [0.25, 0.3) is 0 Å². The number of nitriles is 1. The summed E-state index contributed by atoms with van der Waals surface area (Å²) in [7, 11) is 0. The van der Waals surface area contributed by atoms with Crippen molar-refractivity contribution in [3.05, 3.63) is 203 Å². The van der Waals surface area contributed by atoms with Crippen molar-refractivity contribution < 1.29 is 0 Å². The van der Waals surface area contributed by atoms with Gasteiger partial charge in [-0.25, -0.2) is 4.85 Å². The quantitative estimate of drug-likeness (QED) is 0.165. The molecule has 0 aliphatic heterocycles. The minimum absolute atomic E-state index is 0.262. The van der Waals surface area contributed by atoms with Gasteiger partial charge >= 0.3 is 0 Å². The van der Waals surface area contributed by atoms with Crippen LogP contribution in [0.3, 0.4) is 0 Å². The van der Waals surface area contributed by atoms with Gasteiger partial charge in [-0.1, -0.05) is 131 Å². The molecule has 3 nitrogen and oxygen atoms in total. The number of aromatic nitrogens is 1. The highest BCUT2D eigenvalue weighted by atomic mass is 15.0. The van der Waals surface area contributed by atoms with Crippen molar-refractivity contribution in [2.75, 3.05) is 0 Å². The lowest BCUT2D eigenvalue weighted by molar-refractivity contribution is 0.661. The van der Waals surface area contributed by atoms with Gasteiger partial charge in [-0.05, 0) is 149 Å². The third-order valence-corrected chi connectivity index (χ3v) is 14.0. The summed E-state index contributed by atoms with van der Waals surface area (Å²) in [5, 5.41) is 17.0. The van der Waals surface area contributed by atoms with E-state index >= 15 is 0 Å². The fraction of sp³-hybridized carbons (Fsp3) is 0.103. The van der Waals surface area contributed by atoms with Crippen LogP contribution in [0.25, 0.3) is 98.4 Å². The minimum Gasteiger partial charge on any atom is -0.309 e. The Morgan fingerprint density at radius 3 is 1.36 bits per heavy atom. The van der Waals surface area contributed by atoms with Gasteiger partial charge in [-0.3, -0.25) is 0 Å². The van der Waals surface area contributed by atoms with Crippen LogP contribution in [0.2, 0.25) is 0 Å². The van der Waals surface area contributed by atoms with Gasteiger partial charge in [-0.15, -0.1) is 0 Å². The molecule has 0 spiro atoms. The van der Waals surface area contributed by atoms with E-state index in [1.54, 1.807) is 0 Å². The maximum atomic E-state index is 9.54. The molecule has 3 heteroatoms. The van der Waals surface area contributed by atoms with Crippen molar-refractivity contribution in [3.8, 4) is 56.3 Å². The number of hydrogen-bond donors (Lipinski definition) is 0. The molecule has 0 N–H and O–H groups in total. The van der Waals surface area contributed by atoms with E-state index in [-0.39, 0.29) is 10.8 Å². The van der Waals surface area contributed by atoms with Crippen LogP contribution < -0.4 is 0 Å². The second kappa shape index (κ2) is 12.4. The van der Waals surface area contributed by atoms with Crippen LogP contribution in [0.4, 0.5) is 5.69 Å². The van der Waals surface area contributed by atoms with Gasteiger partial charge in [0.2, 0.25) is 0 Å². The smallest absolute Gasteiger partial charge is 0.187 e. The van der Waals surface area contributed by atoms with E-state index in [0.717, 1.165) is 16.8 Å². The molecule has 9 aromatic carbocycles. The molecule has 0 radical (unpaired) electrons. The molecule has 286 valence electrons. The summed E-state index contributed by atoms with van der Waals surface area (Å²) in [5.74, 6) is 0. The van der Waals surface area contributed by atoms with Crippen LogP contribution >= 0.6 is 0 Å². The Bertz CT molecular complexity index is 3400. The maximum Gasteiger partial charge on any atom is 0.187 e. The number of fused-ring (bicyclic) bond motifs is 13. The molecule has 0 saturated carbocycles. The highest BCUT2D eigenvalue weighted by molar-refractivity contribution is 6.17. The highest BCUT2D eigenvalue weighted by Gasteiger charge is 2.41. The van der Waals surface area contributed by atoms with E-state index in [0.29, 0.717) is 11.3 Å². The molecule has 0 fully saturated rings. The van der Waals surface area contributed by atoms with Crippen LogP contribution in [0, 0.1) is 17.9 Å². The number of hydrogen-bond acceptors (Lipinski definition) is 1. The molecule has 10 aromatic rings. The lowest BCUT2D eigenvalue weighted by Gasteiger charge is -2.23. The molecule has 0 amide bonds. The number of rotatable bonds is 3. The first kappa shape index (κ1) is 35.2. The average molecular weight is 778 g/mol.